The second-order valence-electron chi connectivity index (χ2n) is 4.59. The van der Waals surface area contributed by atoms with Crippen LogP contribution in [0.15, 0.2) is 36.4 Å². The van der Waals surface area contributed by atoms with Crippen molar-refractivity contribution in [2.45, 2.75) is 25.1 Å². The number of hydrogen-bond donors (Lipinski definition) is 2. The number of carboxylic acid groups (broad SMARTS) is 1. The van der Waals surface area contributed by atoms with E-state index in [2.05, 4.69) is 5.32 Å². The highest BCUT2D eigenvalue weighted by Crippen LogP contribution is 2.08. The monoisotopic (exact) mass is 309 g/mol. The van der Waals surface area contributed by atoms with Crippen molar-refractivity contribution in [2.24, 2.45) is 0 Å². The molecule has 1 aromatic carbocycles. The lowest BCUT2D eigenvalue weighted by Crippen LogP contribution is -2.40. The molecular formula is C15H19NO4S. The number of carbonyl (C=O) groups excluding carboxylic acids is 1. The van der Waals surface area contributed by atoms with E-state index in [1.807, 2.05) is 0 Å². The highest BCUT2D eigenvalue weighted by atomic mass is 32.2. The molecule has 1 rings (SSSR count). The van der Waals surface area contributed by atoms with E-state index < -0.39 is 28.7 Å². The average Bonchev–Trinajstić information content (AvgIpc) is 2.42. The molecule has 0 aromatic heterocycles. The summed E-state index contributed by atoms with van der Waals surface area (Å²) in [5, 5.41) is 11.6. The minimum Gasteiger partial charge on any atom is -0.480 e. The highest BCUT2D eigenvalue weighted by Gasteiger charge is 2.19. The van der Waals surface area contributed by atoms with E-state index in [1.165, 1.54) is 0 Å². The molecule has 2 N–H and O–H groups in total. The lowest BCUT2D eigenvalue weighted by Gasteiger charge is -2.13. The molecule has 0 heterocycles. The number of carboxylic acids is 1. The van der Waals surface area contributed by atoms with Gasteiger partial charge in [0.15, 0.2) is 0 Å². The number of allylic oxidation sites excluding steroid dienone is 1. The molecule has 0 bridgehead atoms. The van der Waals surface area contributed by atoms with Crippen LogP contribution in [0.3, 0.4) is 0 Å². The van der Waals surface area contributed by atoms with Gasteiger partial charge in [0.25, 0.3) is 5.91 Å². The Labute approximate surface area is 126 Å². The molecule has 1 amide bonds. The zero-order chi connectivity index (χ0) is 15.8. The molecule has 2 unspecified atom stereocenters. The summed E-state index contributed by atoms with van der Waals surface area (Å²) < 4.78 is 11.2. The third kappa shape index (κ3) is 5.91. The standard InChI is InChI=1S/C15H19NO4S/c1-3-4-8-13(15(18)19)16-14(17)12-7-5-6-11(9-12)10-21(2)20/h3-7,9,13H,8,10H2,1-2H3,(H,16,17)(H,18,19)/b4-3+. The minimum atomic E-state index is -1.08. The Kier molecular flexibility index (Phi) is 6.81. The fourth-order valence-corrected chi connectivity index (χ4v) is 2.42. The van der Waals surface area contributed by atoms with Gasteiger partial charge in [-0.05, 0) is 31.0 Å². The van der Waals surface area contributed by atoms with E-state index in [9.17, 15) is 13.8 Å². The molecule has 1 aromatic rings. The Balaban J connectivity index is 2.82. The van der Waals surface area contributed by atoms with Gasteiger partial charge in [-0.1, -0.05) is 24.3 Å². The predicted octanol–water partition coefficient (Wildman–Crippen LogP) is 1.71. The summed E-state index contributed by atoms with van der Waals surface area (Å²) in [6.45, 7) is 1.79. The van der Waals surface area contributed by atoms with E-state index in [0.717, 1.165) is 5.56 Å². The zero-order valence-corrected chi connectivity index (χ0v) is 12.9. The first kappa shape index (κ1) is 17.1. The molecule has 0 aliphatic carbocycles. The minimum absolute atomic E-state index is 0.232. The van der Waals surface area contributed by atoms with Crippen LogP contribution < -0.4 is 5.32 Å². The van der Waals surface area contributed by atoms with E-state index >= 15 is 0 Å². The normalized spacial score (nSPS) is 13.8. The van der Waals surface area contributed by atoms with Gasteiger partial charge in [-0.15, -0.1) is 0 Å². The van der Waals surface area contributed by atoms with Crippen LogP contribution >= 0.6 is 0 Å². The number of benzene rings is 1. The van der Waals surface area contributed by atoms with Crippen molar-refractivity contribution in [1.82, 2.24) is 5.32 Å². The smallest absolute Gasteiger partial charge is 0.326 e. The van der Waals surface area contributed by atoms with Crippen LogP contribution in [-0.4, -0.2) is 33.5 Å². The van der Waals surface area contributed by atoms with Crippen LogP contribution in [-0.2, 0) is 21.3 Å². The van der Waals surface area contributed by atoms with Gasteiger partial charge in [0, 0.05) is 28.4 Å². The van der Waals surface area contributed by atoms with Crippen LogP contribution in [0.4, 0.5) is 0 Å². The molecule has 0 saturated carbocycles. The average molecular weight is 309 g/mol. The largest absolute Gasteiger partial charge is 0.480 e. The second kappa shape index (κ2) is 8.36. The van der Waals surface area contributed by atoms with Gasteiger partial charge in [-0.25, -0.2) is 4.79 Å². The number of aliphatic carboxylic acids is 1. The van der Waals surface area contributed by atoms with Gasteiger partial charge in [-0.2, -0.15) is 0 Å². The van der Waals surface area contributed by atoms with E-state index in [1.54, 1.807) is 49.6 Å². The molecule has 114 valence electrons. The first-order valence-electron chi connectivity index (χ1n) is 6.47. The molecule has 2 atom stereocenters. The van der Waals surface area contributed by atoms with Gasteiger partial charge < -0.3 is 10.4 Å². The van der Waals surface area contributed by atoms with Gasteiger partial charge >= 0.3 is 5.97 Å². The number of carbonyl (C=O) groups is 2. The number of hydrogen-bond acceptors (Lipinski definition) is 3. The Morgan fingerprint density at radius 3 is 2.71 bits per heavy atom. The summed E-state index contributed by atoms with van der Waals surface area (Å²) in [7, 11) is -0.995. The zero-order valence-electron chi connectivity index (χ0n) is 12.0. The maximum Gasteiger partial charge on any atom is 0.326 e. The quantitative estimate of drug-likeness (QED) is 0.751. The maximum absolute atomic E-state index is 12.1. The molecule has 6 heteroatoms. The molecule has 0 aliphatic heterocycles. The van der Waals surface area contributed by atoms with Crippen LogP contribution in [0.2, 0.25) is 0 Å². The van der Waals surface area contributed by atoms with E-state index in [0.29, 0.717) is 11.3 Å². The van der Waals surface area contributed by atoms with E-state index in [-0.39, 0.29) is 6.42 Å². The Hall–Kier alpha value is -1.95. The summed E-state index contributed by atoms with van der Waals surface area (Å²) in [5.41, 5.74) is 1.15. The van der Waals surface area contributed by atoms with Crippen molar-refractivity contribution in [3.63, 3.8) is 0 Å². The number of nitrogens with one attached hydrogen (secondary N) is 1. The van der Waals surface area contributed by atoms with Crippen LogP contribution in [0.1, 0.15) is 29.3 Å². The maximum atomic E-state index is 12.1. The summed E-state index contributed by atoms with van der Waals surface area (Å²) in [4.78, 5) is 23.2. The van der Waals surface area contributed by atoms with Crippen LogP contribution in [0, 0.1) is 0 Å². The number of rotatable bonds is 7. The van der Waals surface area contributed by atoms with Crippen molar-refractivity contribution in [2.75, 3.05) is 6.26 Å². The summed E-state index contributed by atoms with van der Waals surface area (Å²) in [5.74, 6) is -1.16. The van der Waals surface area contributed by atoms with Crippen molar-refractivity contribution in [1.29, 1.82) is 0 Å². The van der Waals surface area contributed by atoms with Crippen LogP contribution in [0.25, 0.3) is 0 Å². The highest BCUT2D eigenvalue weighted by molar-refractivity contribution is 7.83. The summed E-state index contributed by atoms with van der Waals surface area (Å²) in [6.07, 6.45) is 5.25. The van der Waals surface area contributed by atoms with E-state index in [4.69, 9.17) is 5.11 Å². The SMILES string of the molecule is C/C=C/CC(NC(=O)c1cccc(CS(C)=O)c1)C(=O)O. The van der Waals surface area contributed by atoms with Crippen LogP contribution in [0.5, 0.6) is 0 Å². The Bertz CT molecular complexity index is 569. The van der Waals surface area contributed by atoms with Crippen molar-refractivity contribution in [3.05, 3.63) is 47.5 Å². The molecule has 0 aliphatic rings. The number of amides is 1. The van der Waals surface area contributed by atoms with Gasteiger partial charge in [0.2, 0.25) is 0 Å². The predicted molar refractivity (Wildman–Crippen MR) is 82.5 cm³/mol. The summed E-state index contributed by atoms with van der Waals surface area (Å²) >= 11 is 0. The van der Waals surface area contributed by atoms with Crippen molar-refractivity contribution < 1.29 is 18.9 Å². The first-order chi connectivity index (χ1) is 9.93. The summed E-state index contributed by atoms with van der Waals surface area (Å²) in [6, 6.07) is 5.75. The topological polar surface area (TPSA) is 83.5 Å². The van der Waals surface area contributed by atoms with Gasteiger partial charge in [0.05, 0.1) is 0 Å². The molecule has 5 nitrogen and oxygen atoms in total. The lowest BCUT2D eigenvalue weighted by molar-refractivity contribution is -0.139. The first-order valence-corrected chi connectivity index (χ1v) is 8.20. The van der Waals surface area contributed by atoms with Gasteiger partial charge in [-0.3, -0.25) is 9.00 Å². The molecule has 21 heavy (non-hydrogen) atoms. The van der Waals surface area contributed by atoms with Gasteiger partial charge in [0.1, 0.15) is 6.04 Å². The molecule has 0 radical (unpaired) electrons. The third-order valence-electron chi connectivity index (χ3n) is 2.77. The molecule has 0 fully saturated rings. The third-order valence-corrected chi connectivity index (χ3v) is 3.51. The fraction of sp³-hybridized carbons (Fsp3) is 0.333. The van der Waals surface area contributed by atoms with Crippen molar-refractivity contribution in [3.8, 4) is 0 Å². The lowest BCUT2D eigenvalue weighted by atomic mass is 10.1. The molecular weight excluding hydrogens is 290 g/mol. The molecule has 0 spiro atoms. The Morgan fingerprint density at radius 1 is 1.43 bits per heavy atom. The molecule has 0 saturated heterocycles. The Morgan fingerprint density at radius 2 is 2.14 bits per heavy atom. The van der Waals surface area contributed by atoms with Crippen molar-refractivity contribution >= 4 is 22.7 Å². The second-order valence-corrected chi connectivity index (χ2v) is 6.02. The fourth-order valence-electron chi connectivity index (χ4n) is 1.77.